The molecule has 1 saturated heterocycles. The molecule has 0 unspecified atom stereocenters. The maximum Gasteiger partial charge on any atom is 0.256 e. The highest BCUT2D eigenvalue weighted by Crippen LogP contribution is 2.25. The number of nitrogens with one attached hydrogen (secondary N) is 1. The summed E-state index contributed by atoms with van der Waals surface area (Å²) in [7, 11) is 0. The molecule has 4 rings (SSSR count). The predicted molar refractivity (Wildman–Crippen MR) is 121 cm³/mol. The third-order valence-corrected chi connectivity index (χ3v) is 5.62. The topological polar surface area (TPSA) is 97.2 Å². The number of nitrogens with zero attached hydrogens (tertiary/aromatic N) is 4. The van der Waals surface area contributed by atoms with Gasteiger partial charge in [0.25, 0.3) is 5.91 Å². The zero-order chi connectivity index (χ0) is 23.0. The van der Waals surface area contributed by atoms with Gasteiger partial charge in [0.2, 0.25) is 11.8 Å². The van der Waals surface area contributed by atoms with E-state index < -0.39 is 0 Å². The highest BCUT2D eigenvalue weighted by Gasteiger charge is 2.28. The molecule has 1 aromatic carbocycles. The summed E-state index contributed by atoms with van der Waals surface area (Å²) in [5.74, 6) is -0.356. The van der Waals surface area contributed by atoms with Crippen LogP contribution in [0, 0.1) is 0 Å². The largest absolute Gasteiger partial charge is 0.322 e. The summed E-state index contributed by atoms with van der Waals surface area (Å²) in [6.45, 7) is 8.39. The Morgan fingerprint density at radius 2 is 1.72 bits per heavy atom. The quantitative estimate of drug-likeness (QED) is 0.592. The van der Waals surface area contributed by atoms with Crippen molar-refractivity contribution in [2.75, 3.05) is 5.32 Å². The monoisotopic (exact) mass is 433 g/mol. The number of carbonyl (C=O) groups is 3. The van der Waals surface area contributed by atoms with E-state index in [2.05, 4.69) is 10.4 Å². The van der Waals surface area contributed by atoms with Gasteiger partial charge in [0, 0.05) is 30.3 Å². The van der Waals surface area contributed by atoms with Crippen LogP contribution in [0.1, 0.15) is 74.1 Å². The van der Waals surface area contributed by atoms with Crippen molar-refractivity contribution in [1.82, 2.24) is 19.7 Å². The zero-order valence-electron chi connectivity index (χ0n) is 18.8. The van der Waals surface area contributed by atoms with Crippen molar-refractivity contribution in [2.24, 2.45) is 0 Å². The second kappa shape index (κ2) is 8.53. The fourth-order valence-corrected chi connectivity index (χ4v) is 3.77. The van der Waals surface area contributed by atoms with Crippen molar-refractivity contribution in [3.05, 3.63) is 53.3 Å². The van der Waals surface area contributed by atoms with Gasteiger partial charge in [-0.25, -0.2) is 9.67 Å². The normalized spacial score (nSPS) is 14.2. The van der Waals surface area contributed by atoms with Gasteiger partial charge in [0.15, 0.2) is 5.65 Å². The first-order valence-corrected chi connectivity index (χ1v) is 10.9. The molecule has 3 heterocycles. The van der Waals surface area contributed by atoms with E-state index in [0.717, 1.165) is 11.3 Å². The molecule has 8 nitrogen and oxygen atoms in total. The van der Waals surface area contributed by atoms with Crippen molar-refractivity contribution in [3.8, 4) is 0 Å². The van der Waals surface area contributed by atoms with Gasteiger partial charge >= 0.3 is 0 Å². The van der Waals surface area contributed by atoms with Crippen LogP contribution in [0.5, 0.6) is 0 Å². The molecule has 0 radical (unpaired) electrons. The molecular formula is C24H27N5O3. The van der Waals surface area contributed by atoms with Crippen molar-refractivity contribution < 1.29 is 14.4 Å². The van der Waals surface area contributed by atoms with E-state index in [9.17, 15) is 14.4 Å². The Balaban J connectivity index is 1.57. The summed E-state index contributed by atoms with van der Waals surface area (Å²) in [4.78, 5) is 42.8. The molecule has 32 heavy (non-hydrogen) atoms. The van der Waals surface area contributed by atoms with Crippen LogP contribution in [-0.4, -0.2) is 37.4 Å². The Hall–Kier alpha value is -3.55. The van der Waals surface area contributed by atoms with Crippen LogP contribution in [0.2, 0.25) is 0 Å². The van der Waals surface area contributed by atoms with Gasteiger partial charge in [-0.1, -0.05) is 26.0 Å². The molecule has 1 aliphatic rings. The van der Waals surface area contributed by atoms with Crippen LogP contribution >= 0.6 is 0 Å². The van der Waals surface area contributed by atoms with Crippen LogP contribution in [0.25, 0.3) is 11.0 Å². The number of hydrogen-bond donors (Lipinski definition) is 1. The van der Waals surface area contributed by atoms with Gasteiger partial charge in [-0.3, -0.25) is 19.3 Å². The number of aromatic nitrogens is 3. The first-order chi connectivity index (χ1) is 15.2. The molecule has 166 valence electrons. The molecule has 1 aliphatic heterocycles. The van der Waals surface area contributed by atoms with Crippen LogP contribution in [0.4, 0.5) is 5.69 Å². The number of carbonyl (C=O) groups excluding carboxylic acids is 3. The zero-order valence-corrected chi connectivity index (χ0v) is 18.8. The molecule has 1 fully saturated rings. The Morgan fingerprint density at radius 3 is 2.31 bits per heavy atom. The lowest BCUT2D eigenvalue weighted by molar-refractivity contribution is -0.139. The lowest BCUT2D eigenvalue weighted by Gasteiger charge is -2.14. The minimum Gasteiger partial charge on any atom is -0.322 e. The molecule has 0 aliphatic carbocycles. The van der Waals surface area contributed by atoms with Crippen molar-refractivity contribution in [2.45, 2.75) is 59.0 Å². The smallest absolute Gasteiger partial charge is 0.256 e. The number of rotatable bonds is 6. The molecular weight excluding hydrogens is 406 g/mol. The number of hydrogen-bond acceptors (Lipinski definition) is 5. The Kier molecular flexibility index (Phi) is 5.78. The fraction of sp³-hybridized carbons (Fsp3) is 0.375. The van der Waals surface area contributed by atoms with Crippen molar-refractivity contribution in [3.63, 3.8) is 0 Å². The second-order valence-corrected chi connectivity index (χ2v) is 8.69. The van der Waals surface area contributed by atoms with E-state index >= 15 is 0 Å². The maximum atomic E-state index is 13.2. The molecule has 0 bridgehead atoms. The average molecular weight is 434 g/mol. The molecule has 1 N–H and O–H groups in total. The third kappa shape index (κ3) is 4.12. The predicted octanol–water partition coefficient (Wildman–Crippen LogP) is 4.04. The molecule has 3 amide bonds. The Bertz CT molecular complexity index is 1180. The highest BCUT2D eigenvalue weighted by molar-refractivity contribution is 6.12. The van der Waals surface area contributed by atoms with E-state index in [-0.39, 0.29) is 49.1 Å². The van der Waals surface area contributed by atoms with Gasteiger partial charge in [0.1, 0.15) is 0 Å². The summed E-state index contributed by atoms with van der Waals surface area (Å²) in [5, 5.41) is 8.09. The van der Waals surface area contributed by atoms with E-state index in [1.54, 1.807) is 18.3 Å². The SMILES string of the molecule is CC(C)c1cc(C(=O)Nc2ccc(CN3C(=O)CCC3=O)cc2)c2cnn(C(C)C)c2n1. The van der Waals surface area contributed by atoms with E-state index in [4.69, 9.17) is 4.98 Å². The van der Waals surface area contributed by atoms with Gasteiger partial charge < -0.3 is 5.32 Å². The molecule has 0 saturated carbocycles. The standard InChI is InChI=1S/C24H27N5O3/c1-14(2)20-11-18(19-12-25-29(15(3)4)23(19)27-20)24(32)26-17-7-5-16(6-8-17)13-28-21(30)9-10-22(28)31/h5-8,11-12,14-15H,9-10,13H2,1-4H3,(H,26,32). The van der Waals surface area contributed by atoms with Gasteiger partial charge in [-0.2, -0.15) is 5.10 Å². The highest BCUT2D eigenvalue weighted by atomic mass is 16.2. The average Bonchev–Trinajstić information content (AvgIpc) is 3.32. The number of pyridine rings is 1. The summed E-state index contributed by atoms with van der Waals surface area (Å²) in [6.07, 6.45) is 2.24. The number of anilines is 1. The van der Waals surface area contributed by atoms with Gasteiger partial charge in [-0.05, 0) is 43.5 Å². The molecule has 0 spiro atoms. The van der Waals surface area contributed by atoms with E-state index in [1.807, 2.05) is 50.6 Å². The minimum absolute atomic E-state index is 0.125. The number of amides is 3. The summed E-state index contributed by atoms with van der Waals surface area (Å²) in [5.41, 5.74) is 3.53. The fourth-order valence-electron chi connectivity index (χ4n) is 3.77. The lowest BCUT2D eigenvalue weighted by Crippen LogP contribution is -2.28. The van der Waals surface area contributed by atoms with E-state index in [1.165, 1.54) is 4.90 Å². The molecule has 0 atom stereocenters. The summed E-state index contributed by atoms with van der Waals surface area (Å²) in [6, 6.07) is 9.13. The molecule has 8 heteroatoms. The van der Waals surface area contributed by atoms with Crippen molar-refractivity contribution >= 4 is 34.4 Å². The first-order valence-electron chi connectivity index (χ1n) is 10.9. The minimum atomic E-state index is -0.236. The number of benzene rings is 1. The second-order valence-electron chi connectivity index (χ2n) is 8.69. The van der Waals surface area contributed by atoms with Crippen LogP contribution in [-0.2, 0) is 16.1 Å². The lowest BCUT2D eigenvalue weighted by atomic mass is 10.0. The first kappa shape index (κ1) is 21.7. The number of likely N-dealkylation sites (tertiary alicyclic amines) is 1. The third-order valence-electron chi connectivity index (χ3n) is 5.62. The number of fused-ring (bicyclic) bond motifs is 1. The Morgan fingerprint density at radius 1 is 1.06 bits per heavy atom. The van der Waals surface area contributed by atoms with Crippen LogP contribution in [0.3, 0.4) is 0 Å². The van der Waals surface area contributed by atoms with Crippen molar-refractivity contribution in [1.29, 1.82) is 0 Å². The molecule has 3 aromatic rings. The Labute approximate surface area is 186 Å². The number of imide groups is 1. The summed E-state index contributed by atoms with van der Waals surface area (Å²) < 4.78 is 1.83. The van der Waals surface area contributed by atoms with Crippen LogP contribution in [0.15, 0.2) is 36.5 Å². The van der Waals surface area contributed by atoms with Gasteiger partial charge in [-0.15, -0.1) is 0 Å². The van der Waals surface area contributed by atoms with Crippen LogP contribution < -0.4 is 5.32 Å². The molecule has 2 aromatic heterocycles. The maximum absolute atomic E-state index is 13.2. The van der Waals surface area contributed by atoms with Gasteiger partial charge in [0.05, 0.1) is 23.7 Å². The summed E-state index contributed by atoms with van der Waals surface area (Å²) >= 11 is 0. The van der Waals surface area contributed by atoms with E-state index in [0.29, 0.717) is 22.3 Å².